The van der Waals surface area contributed by atoms with E-state index in [1.807, 2.05) is 39.0 Å². The van der Waals surface area contributed by atoms with Gasteiger partial charge in [0.15, 0.2) is 0 Å². The van der Waals surface area contributed by atoms with Crippen LogP contribution in [0.5, 0.6) is 0 Å². The maximum absolute atomic E-state index is 12.9. The molecule has 0 aromatic heterocycles. The highest BCUT2D eigenvalue weighted by molar-refractivity contribution is 7.92. The van der Waals surface area contributed by atoms with Crippen molar-refractivity contribution < 1.29 is 13.2 Å². The molecule has 2 N–H and O–H groups in total. The molecule has 0 unspecified atom stereocenters. The lowest BCUT2D eigenvalue weighted by atomic mass is 10.0. The molecular weight excluding hydrogens is 384 g/mol. The van der Waals surface area contributed by atoms with E-state index in [2.05, 4.69) is 10.0 Å². The van der Waals surface area contributed by atoms with Crippen LogP contribution < -0.4 is 10.0 Å². The summed E-state index contributed by atoms with van der Waals surface area (Å²) in [6, 6.07) is 20.5. The summed E-state index contributed by atoms with van der Waals surface area (Å²) in [6.07, 6.45) is 0. The number of hydrogen-bond acceptors (Lipinski definition) is 3. The first kappa shape index (κ1) is 20.6. The van der Waals surface area contributed by atoms with E-state index in [9.17, 15) is 13.2 Å². The molecule has 3 aromatic rings. The van der Waals surface area contributed by atoms with Gasteiger partial charge < -0.3 is 5.32 Å². The second-order valence-corrected chi connectivity index (χ2v) is 8.69. The van der Waals surface area contributed by atoms with Crippen molar-refractivity contribution in [1.82, 2.24) is 5.32 Å². The third-order valence-corrected chi connectivity index (χ3v) is 6.23. The number of hydrogen-bond donors (Lipinski definition) is 2. The number of sulfonamides is 1. The molecule has 0 aliphatic carbocycles. The van der Waals surface area contributed by atoms with Crippen LogP contribution >= 0.6 is 0 Å². The Kier molecular flexibility index (Phi) is 6.03. The van der Waals surface area contributed by atoms with Crippen LogP contribution in [-0.2, 0) is 10.0 Å². The molecule has 0 aliphatic rings. The molecule has 0 saturated carbocycles. The van der Waals surface area contributed by atoms with Crippen molar-refractivity contribution in [3.8, 4) is 0 Å². The maximum atomic E-state index is 12.9. The molecule has 6 heteroatoms. The number of aryl methyl sites for hydroxylation is 2. The van der Waals surface area contributed by atoms with Crippen molar-refractivity contribution in [1.29, 1.82) is 0 Å². The zero-order valence-corrected chi connectivity index (χ0v) is 17.5. The molecule has 0 heterocycles. The van der Waals surface area contributed by atoms with E-state index in [-0.39, 0.29) is 28.1 Å². The second kappa shape index (κ2) is 8.49. The van der Waals surface area contributed by atoms with Gasteiger partial charge in [0.25, 0.3) is 15.9 Å². The van der Waals surface area contributed by atoms with Gasteiger partial charge in [0.05, 0.1) is 22.2 Å². The summed E-state index contributed by atoms with van der Waals surface area (Å²) in [7, 11) is -3.79. The van der Waals surface area contributed by atoms with Gasteiger partial charge in [-0.05, 0) is 61.7 Å². The molecule has 150 valence electrons. The lowest BCUT2D eigenvalue weighted by molar-refractivity contribution is 0.0941. The zero-order valence-electron chi connectivity index (χ0n) is 16.6. The standard InChI is InChI=1S/C23H24N2O3S/c1-16-13-14-19(15-17(16)2)18(3)24-23(26)21-11-7-8-12-22(21)25-29(27,28)20-9-5-4-6-10-20/h4-15,18,25H,1-3H3,(H,24,26)/t18-/m1/s1. The molecule has 0 aliphatic heterocycles. The summed E-state index contributed by atoms with van der Waals surface area (Å²) in [5, 5.41) is 2.95. The lowest BCUT2D eigenvalue weighted by Gasteiger charge is -2.18. The van der Waals surface area contributed by atoms with E-state index in [1.54, 1.807) is 42.5 Å². The van der Waals surface area contributed by atoms with Crippen molar-refractivity contribution in [2.45, 2.75) is 31.7 Å². The number of nitrogens with one attached hydrogen (secondary N) is 2. The van der Waals surface area contributed by atoms with Gasteiger partial charge in [-0.25, -0.2) is 8.42 Å². The topological polar surface area (TPSA) is 75.3 Å². The molecule has 29 heavy (non-hydrogen) atoms. The van der Waals surface area contributed by atoms with Crippen molar-refractivity contribution in [2.24, 2.45) is 0 Å². The average molecular weight is 409 g/mol. The predicted molar refractivity (Wildman–Crippen MR) is 115 cm³/mol. The molecule has 3 aromatic carbocycles. The largest absolute Gasteiger partial charge is 0.345 e. The van der Waals surface area contributed by atoms with E-state index in [0.717, 1.165) is 11.1 Å². The maximum Gasteiger partial charge on any atom is 0.261 e. The third-order valence-electron chi connectivity index (χ3n) is 4.85. The normalized spacial score (nSPS) is 12.2. The van der Waals surface area contributed by atoms with E-state index >= 15 is 0 Å². The summed E-state index contributed by atoms with van der Waals surface area (Å²) in [6.45, 7) is 5.97. The van der Waals surface area contributed by atoms with Gasteiger partial charge in [-0.2, -0.15) is 0 Å². The van der Waals surface area contributed by atoms with E-state index in [0.29, 0.717) is 0 Å². The van der Waals surface area contributed by atoms with Gasteiger partial charge in [-0.3, -0.25) is 9.52 Å². The number of para-hydroxylation sites is 1. The summed E-state index contributed by atoms with van der Waals surface area (Å²) < 4.78 is 27.8. The van der Waals surface area contributed by atoms with E-state index in [1.165, 1.54) is 17.7 Å². The smallest absolute Gasteiger partial charge is 0.261 e. The number of rotatable bonds is 6. The van der Waals surface area contributed by atoms with Crippen LogP contribution in [0, 0.1) is 13.8 Å². The fourth-order valence-electron chi connectivity index (χ4n) is 2.97. The molecule has 1 amide bonds. The Hall–Kier alpha value is -3.12. The van der Waals surface area contributed by atoms with Gasteiger partial charge in [-0.1, -0.05) is 48.5 Å². The molecule has 0 saturated heterocycles. The minimum atomic E-state index is -3.79. The van der Waals surface area contributed by atoms with E-state index in [4.69, 9.17) is 0 Å². The number of benzene rings is 3. The molecule has 0 bridgehead atoms. The van der Waals surface area contributed by atoms with Crippen LogP contribution in [0.15, 0.2) is 77.7 Å². The summed E-state index contributed by atoms with van der Waals surface area (Å²) in [5.74, 6) is -0.345. The Labute approximate surface area is 171 Å². The highest BCUT2D eigenvalue weighted by Crippen LogP contribution is 2.22. The van der Waals surface area contributed by atoms with Gasteiger partial charge in [0.2, 0.25) is 0 Å². The Morgan fingerprint density at radius 3 is 2.21 bits per heavy atom. The van der Waals surface area contributed by atoms with E-state index < -0.39 is 10.0 Å². The van der Waals surface area contributed by atoms with Gasteiger partial charge >= 0.3 is 0 Å². The minimum absolute atomic E-state index is 0.138. The van der Waals surface area contributed by atoms with Crippen LogP contribution in [0.3, 0.4) is 0 Å². The lowest BCUT2D eigenvalue weighted by Crippen LogP contribution is -2.28. The molecule has 0 radical (unpaired) electrons. The fraction of sp³-hybridized carbons (Fsp3) is 0.174. The quantitative estimate of drug-likeness (QED) is 0.626. The highest BCUT2D eigenvalue weighted by Gasteiger charge is 2.19. The third kappa shape index (κ3) is 4.84. The van der Waals surface area contributed by atoms with Gasteiger partial charge in [0, 0.05) is 0 Å². The van der Waals surface area contributed by atoms with Crippen molar-refractivity contribution in [3.05, 3.63) is 95.1 Å². The molecule has 0 fully saturated rings. The van der Waals surface area contributed by atoms with Crippen LogP contribution in [0.25, 0.3) is 0 Å². The molecule has 3 rings (SSSR count). The Bertz CT molecular complexity index is 1130. The van der Waals surface area contributed by atoms with Crippen molar-refractivity contribution >= 4 is 21.6 Å². The summed E-state index contributed by atoms with van der Waals surface area (Å²) in [4.78, 5) is 13.0. The van der Waals surface area contributed by atoms with Crippen LogP contribution in [0.1, 0.15) is 40.0 Å². The number of amides is 1. The SMILES string of the molecule is Cc1ccc([C@@H](C)NC(=O)c2ccccc2NS(=O)(=O)c2ccccc2)cc1C. The molecule has 0 spiro atoms. The number of anilines is 1. The first-order valence-corrected chi connectivity index (χ1v) is 10.8. The van der Waals surface area contributed by atoms with Crippen LogP contribution in [0.2, 0.25) is 0 Å². The summed E-state index contributed by atoms with van der Waals surface area (Å²) >= 11 is 0. The average Bonchev–Trinajstić information content (AvgIpc) is 2.70. The molecular formula is C23H24N2O3S. The number of carbonyl (C=O) groups excluding carboxylic acids is 1. The Morgan fingerprint density at radius 2 is 1.52 bits per heavy atom. The van der Waals surface area contributed by atoms with Gasteiger partial charge in [0.1, 0.15) is 0 Å². The first-order chi connectivity index (χ1) is 13.8. The Balaban J connectivity index is 1.82. The minimum Gasteiger partial charge on any atom is -0.345 e. The fourth-order valence-corrected chi connectivity index (χ4v) is 4.07. The van der Waals surface area contributed by atoms with Crippen LogP contribution in [0.4, 0.5) is 5.69 Å². The van der Waals surface area contributed by atoms with Crippen molar-refractivity contribution in [3.63, 3.8) is 0 Å². The van der Waals surface area contributed by atoms with Crippen LogP contribution in [-0.4, -0.2) is 14.3 Å². The first-order valence-electron chi connectivity index (χ1n) is 9.33. The van der Waals surface area contributed by atoms with Gasteiger partial charge in [-0.15, -0.1) is 0 Å². The highest BCUT2D eigenvalue weighted by atomic mass is 32.2. The monoisotopic (exact) mass is 408 g/mol. The van der Waals surface area contributed by atoms with Crippen molar-refractivity contribution in [2.75, 3.05) is 4.72 Å². The molecule has 1 atom stereocenters. The zero-order chi connectivity index (χ0) is 21.0. The molecule has 5 nitrogen and oxygen atoms in total. The predicted octanol–water partition coefficient (Wildman–Crippen LogP) is 4.60. The summed E-state index contributed by atoms with van der Waals surface area (Å²) in [5.41, 5.74) is 3.83. The number of carbonyl (C=O) groups is 1. The Morgan fingerprint density at radius 1 is 0.862 bits per heavy atom. The second-order valence-electron chi connectivity index (χ2n) is 7.00.